The predicted octanol–water partition coefficient (Wildman–Crippen LogP) is 2.43. The molecule has 1 aliphatic rings. The van der Waals surface area contributed by atoms with Crippen LogP contribution in [0.2, 0.25) is 0 Å². The highest BCUT2D eigenvalue weighted by molar-refractivity contribution is 5.30. The van der Waals surface area contributed by atoms with Crippen molar-refractivity contribution in [3.8, 4) is 12.3 Å². The van der Waals surface area contributed by atoms with E-state index in [1.54, 1.807) is 0 Å². The van der Waals surface area contributed by atoms with Gasteiger partial charge in [0.15, 0.2) is 0 Å². The highest BCUT2D eigenvalue weighted by Crippen LogP contribution is 2.21. The van der Waals surface area contributed by atoms with E-state index in [-0.39, 0.29) is 0 Å². The van der Waals surface area contributed by atoms with Crippen LogP contribution in [0.5, 0.6) is 0 Å². The van der Waals surface area contributed by atoms with Crippen LogP contribution in [-0.4, -0.2) is 11.2 Å². The highest BCUT2D eigenvalue weighted by Gasteiger charge is 2.07. The zero-order valence-electron chi connectivity index (χ0n) is 8.09. The quantitative estimate of drug-likeness (QED) is 0.655. The Morgan fingerprint density at radius 1 is 1.85 bits per heavy atom. The van der Waals surface area contributed by atoms with E-state index >= 15 is 0 Å². The lowest BCUT2D eigenvalue weighted by Gasteiger charge is -2.07. The zero-order chi connectivity index (χ0) is 9.68. The molecule has 13 heavy (non-hydrogen) atoms. The molecule has 1 heteroatoms. The third kappa shape index (κ3) is 2.75. The highest BCUT2D eigenvalue weighted by atomic mass is 16.3. The number of aliphatic hydroxyl groups is 1. The lowest BCUT2D eigenvalue weighted by molar-refractivity contribution is 0.265. The van der Waals surface area contributed by atoms with Gasteiger partial charge in [-0.2, -0.15) is 0 Å². The van der Waals surface area contributed by atoms with E-state index in [1.807, 2.05) is 6.92 Å². The van der Waals surface area contributed by atoms with Crippen molar-refractivity contribution in [1.29, 1.82) is 0 Å². The summed E-state index contributed by atoms with van der Waals surface area (Å²) < 4.78 is 0. The second-order valence-electron chi connectivity index (χ2n) is 3.31. The van der Waals surface area contributed by atoms with Crippen LogP contribution >= 0.6 is 0 Å². The fraction of sp³-hybridized carbons (Fsp3) is 0.500. The molecule has 1 rings (SSSR count). The van der Waals surface area contributed by atoms with Crippen LogP contribution < -0.4 is 0 Å². The summed E-state index contributed by atoms with van der Waals surface area (Å²) in [5.41, 5.74) is 2.28. The molecule has 1 unspecified atom stereocenters. The van der Waals surface area contributed by atoms with Crippen molar-refractivity contribution in [3.63, 3.8) is 0 Å². The third-order valence-corrected chi connectivity index (χ3v) is 2.36. The molecule has 0 aromatic rings. The van der Waals surface area contributed by atoms with Crippen molar-refractivity contribution in [2.75, 3.05) is 0 Å². The number of terminal acetylenes is 1. The van der Waals surface area contributed by atoms with Gasteiger partial charge in [-0.1, -0.05) is 30.6 Å². The van der Waals surface area contributed by atoms with E-state index in [9.17, 15) is 5.11 Å². The monoisotopic (exact) mass is 176 g/mol. The molecule has 0 spiro atoms. The van der Waals surface area contributed by atoms with Crippen molar-refractivity contribution in [2.45, 2.75) is 38.7 Å². The Balaban J connectivity index is 2.70. The summed E-state index contributed by atoms with van der Waals surface area (Å²) in [6, 6.07) is 0. The normalized spacial score (nSPS) is 19.5. The van der Waals surface area contributed by atoms with Gasteiger partial charge in [-0.05, 0) is 31.3 Å². The van der Waals surface area contributed by atoms with Crippen molar-refractivity contribution >= 4 is 0 Å². The van der Waals surface area contributed by atoms with Gasteiger partial charge in [-0.3, -0.25) is 0 Å². The molecule has 70 valence electrons. The summed E-state index contributed by atoms with van der Waals surface area (Å²) in [5, 5.41) is 9.45. The van der Waals surface area contributed by atoms with Gasteiger partial charge in [0.1, 0.15) is 6.10 Å². The first-order valence-electron chi connectivity index (χ1n) is 4.81. The molecule has 1 atom stereocenters. The minimum Gasteiger partial charge on any atom is -0.376 e. The van der Waals surface area contributed by atoms with Crippen LogP contribution in [0.1, 0.15) is 32.6 Å². The Kier molecular flexibility index (Phi) is 3.79. The maximum absolute atomic E-state index is 9.45. The van der Waals surface area contributed by atoms with Crippen molar-refractivity contribution in [2.24, 2.45) is 0 Å². The molecule has 1 aliphatic carbocycles. The molecule has 1 nitrogen and oxygen atoms in total. The molecule has 0 aliphatic heterocycles. The average Bonchev–Trinajstić information content (AvgIpc) is 2.65. The zero-order valence-corrected chi connectivity index (χ0v) is 8.09. The Labute approximate surface area is 80.2 Å². The van der Waals surface area contributed by atoms with Gasteiger partial charge in [0.2, 0.25) is 0 Å². The SMILES string of the molecule is C#CC(O)C(=CC1=CCCC1)CC. The van der Waals surface area contributed by atoms with E-state index in [1.165, 1.54) is 12.0 Å². The first-order valence-corrected chi connectivity index (χ1v) is 4.81. The smallest absolute Gasteiger partial charge is 0.136 e. The molecule has 0 saturated heterocycles. The fourth-order valence-corrected chi connectivity index (χ4v) is 1.55. The Morgan fingerprint density at radius 2 is 2.62 bits per heavy atom. The second-order valence-corrected chi connectivity index (χ2v) is 3.31. The third-order valence-electron chi connectivity index (χ3n) is 2.36. The van der Waals surface area contributed by atoms with Crippen molar-refractivity contribution in [1.82, 2.24) is 0 Å². The predicted molar refractivity (Wildman–Crippen MR) is 55.1 cm³/mol. The molecule has 1 N–H and O–H groups in total. The first kappa shape index (κ1) is 10.1. The van der Waals surface area contributed by atoms with Gasteiger partial charge in [0.25, 0.3) is 0 Å². The lowest BCUT2D eigenvalue weighted by Crippen LogP contribution is -2.06. The number of allylic oxidation sites excluding steroid dienone is 3. The summed E-state index contributed by atoms with van der Waals surface area (Å²) in [6.07, 6.45) is 13.1. The molecule has 0 radical (unpaired) electrons. The van der Waals surface area contributed by atoms with E-state index in [0.717, 1.165) is 24.8 Å². The van der Waals surface area contributed by atoms with Crippen LogP contribution in [0.25, 0.3) is 0 Å². The molecule has 0 aromatic carbocycles. The molecule has 0 fully saturated rings. The molecule has 0 bridgehead atoms. The molecule has 0 saturated carbocycles. The minimum atomic E-state index is -0.702. The van der Waals surface area contributed by atoms with E-state index in [0.29, 0.717) is 0 Å². The molecule has 0 heterocycles. The summed E-state index contributed by atoms with van der Waals surface area (Å²) in [7, 11) is 0. The van der Waals surface area contributed by atoms with Crippen LogP contribution in [0.4, 0.5) is 0 Å². The maximum atomic E-state index is 9.45. The second kappa shape index (κ2) is 4.89. The van der Waals surface area contributed by atoms with E-state index in [2.05, 4.69) is 18.1 Å². The van der Waals surface area contributed by atoms with E-state index < -0.39 is 6.10 Å². The van der Waals surface area contributed by atoms with Gasteiger partial charge < -0.3 is 5.11 Å². The Hall–Kier alpha value is -1.00. The van der Waals surface area contributed by atoms with Crippen molar-refractivity contribution in [3.05, 3.63) is 23.3 Å². The van der Waals surface area contributed by atoms with Crippen LogP contribution in [0.15, 0.2) is 23.3 Å². The van der Waals surface area contributed by atoms with Gasteiger partial charge in [-0.25, -0.2) is 0 Å². The average molecular weight is 176 g/mol. The van der Waals surface area contributed by atoms with Crippen LogP contribution in [0, 0.1) is 12.3 Å². The van der Waals surface area contributed by atoms with Gasteiger partial charge >= 0.3 is 0 Å². The topological polar surface area (TPSA) is 20.2 Å². The summed E-state index contributed by atoms with van der Waals surface area (Å²) >= 11 is 0. The number of rotatable bonds is 3. The first-order chi connectivity index (χ1) is 6.27. The van der Waals surface area contributed by atoms with Crippen LogP contribution in [-0.2, 0) is 0 Å². The van der Waals surface area contributed by atoms with Crippen LogP contribution in [0.3, 0.4) is 0 Å². The molecule has 0 aromatic heterocycles. The standard InChI is InChI=1S/C12H16O/c1-3-11(12(13)4-2)9-10-7-5-6-8-10/h2,7,9,12-13H,3,5-6,8H2,1H3. The largest absolute Gasteiger partial charge is 0.376 e. The molecular formula is C12H16O. The fourth-order valence-electron chi connectivity index (χ4n) is 1.55. The summed E-state index contributed by atoms with van der Waals surface area (Å²) in [6.45, 7) is 2.02. The molecule has 0 amide bonds. The number of aliphatic hydroxyl groups excluding tert-OH is 1. The summed E-state index contributed by atoms with van der Waals surface area (Å²) in [4.78, 5) is 0. The van der Waals surface area contributed by atoms with Gasteiger partial charge in [0.05, 0.1) is 0 Å². The lowest BCUT2D eigenvalue weighted by atomic mass is 10.0. The number of hydrogen-bond acceptors (Lipinski definition) is 1. The van der Waals surface area contributed by atoms with Gasteiger partial charge in [0, 0.05) is 0 Å². The molecular weight excluding hydrogens is 160 g/mol. The Bertz CT molecular complexity index is 265. The maximum Gasteiger partial charge on any atom is 0.136 e. The Morgan fingerprint density at radius 3 is 3.08 bits per heavy atom. The number of hydrogen-bond donors (Lipinski definition) is 1. The van der Waals surface area contributed by atoms with Crippen molar-refractivity contribution < 1.29 is 5.11 Å². The summed E-state index contributed by atoms with van der Waals surface area (Å²) in [5.74, 6) is 2.35. The van der Waals surface area contributed by atoms with E-state index in [4.69, 9.17) is 6.42 Å². The van der Waals surface area contributed by atoms with Gasteiger partial charge in [-0.15, -0.1) is 6.42 Å². The minimum absolute atomic E-state index is 0.702.